The molecular weight excluding hydrogens is 432 g/mol. The Morgan fingerprint density at radius 1 is 1.30 bits per heavy atom. The fraction of sp³-hybridized carbons (Fsp3) is 0.579. The molecule has 0 aliphatic carbocycles. The number of nitrogens with two attached hydrogens (primary N) is 1. The van der Waals surface area contributed by atoms with Crippen molar-refractivity contribution in [3.63, 3.8) is 0 Å². The number of amides is 1. The maximum absolute atomic E-state index is 12.3. The Labute approximate surface area is 188 Å². The number of rotatable bonds is 6. The van der Waals surface area contributed by atoms with Crippen LogP contribution in [-0.2, 0) is 22.6 Å². The Morgan fingerprint density at radius 3 is 3.00 bits per heavy atom. The third-order valence-corrected chi connectivity index (χ3v) is 6.06. The van der Waals surface area contributed by atoms with Crippen LogP contribution in [0.4, 0.5) is 5.82 Å². The molecule has 5 heterocycles. The van der Waals surface area contributed by atoms with Crippen molar-refractivity contribution in [1.29, 1.82) is 0 Å². The minimum atomic E-state index is -1.21. The molecule has 2 fully saturated rings. The summed E-state index contributed by atoms with van der Waals surface area (Å²) in [6.07, 6.45) is 2.23. The molecule has 14 nitrogen and oxygen atoms in total. The second-order valence-corrected chi connectivity index (χ2v) is 8.32. The van der Waals surface area contributed by atoms with Crippen LogP contribution in [-0.4, -0.2) is 82.0 Å². The van der Waals surface area contributed by atoms with Gasteiger partial charge in [-0.05, 0) is 19.4 Å². The molecule has 2 aliphatic heterocycles. The zero-order chi connectivity index (χ0) is 22.9. The van der Waals surface area contributed by atoms with E-state index in [1.165, 1.54) is 21.9 Å². The second kappa shape index (κ2) is 8.97. The molecule has 176 valence electrons. The quantitative estimate of drug-likeness (QED) is 0.273. The highest BCUT2D eigenvalue weighted by molar-refractivity contribution is 5.81. The summed E-state index contributed by atoms with van der Waals surface area (Å²) >= 11 is 0. The molecule has 1 unspecified atom stereocenters. The number of ether oxygens (including phenoxy) is 1. The Morgan fingerprint density at radius 2 is 2.18 bits per heavy atom. The number of imidazole rings is 1. The van der Waals surface area contributed by atoms with E-state index in [0.717, 1.165) is 19.4 Å². The first-order valence-electron chi connectivity index (χ1n) is 10.8. The summed E-state index contributed by atoms with van der Waals surface area (Å²) in [6, 6.07) is 0. The Bertz CT molecular complexity index is 1130. The van der Waals surface area contributed by atoms with E-state index in [9.17, 15) is 15.0 Å². The van der Waals surface area contributed by atoms with Crippen LogP contribution in [0.15, 0.2) is 18.9 Å². The fourth-order valence-electron chi connectivity index (χ4n) is 4.26. The number of aromatic nitrogens is 7. The zero-order valence-corrected chi connectivity index (χ0v) is 17.8. The Hall–Kier alpha value is -3.20. The number of hydrogen-bond acceptors (Lipinski definition) is 11. The van der Waals surface area contributed by atoms with E-state index >= 15 is 0 Å². The standard InChI is InChI=1S/C19H26N10O4/c20-16-13-17(24-8-23-16)29(9-25-13)19-15(31)14(30)12(33-19)7-28-6-11(26-27-28)5-22-18(32)10-2-1-3-21-4-10/h6,8-10,12,14-15,19,21,30-31H,1-5,7H2,(H,22,32)(H2,20,23,24)/t10?,12-,14-,15-,19-/m1/s1. The molecule has 33 heavy (non-hydrogen) atoms. The lowest BCUT2D eigenvalue weighted by Gasteiger charge is -2.21. The Kier molecular flexibility index (Phi) is 5.88. The monoisotopic (exact) mass is 458 g/mol. The van der Waals surface area contributed by atoms with E-state index in [4.69, 9.17) is 10.5 Å². The van der Waals surface area contributed by atoms with Crippen LogP contribution >= 0.6 is 0 Å². The summed E-state index contributed by atoms with van der Waals surface area (Å²) in [5.74, 6) is 0.175. The molecule has 5 rings (SSSR count). The van der Waals surface area contributed by atoms with Crippen LogP contribution < -0.4 is 16.4 Å². The highest BCUT2D eigenvalue weighted by Gasteiger charge is 2.44. The molecule has 14 heteroatoms. The lowest BCUT2D eigenvalue weighted by atomic mass is 9.99. The van der Waals surface area contributed by atoms with Crippen molar-refractivity contribution in [1.82, 2.24) is 45.1 Å². The summed E-state index contributed by atoms with van der Waals surface area (Å²) in [5.41, 5.74) is 7.19. The van der Waals surface area contributed by atoms with Crippen LogP contribution in [0.25, 0.3) is 11.2 Å². The smallest absolute Gasteiger partial charge is 0.224 e. The molecule has 0 spiro atoms. The number of nitrogens with zero attached hydrogens (tertiary/aromatic N) is 7. The van der Waals surface area contributed by atoms with Gasteiger partial charge in [-0.25, -0.2) is 19.6 Å². The van der Waals surface area contributed by atoms with E-state index < -0.39 is 24.5 Å². The normalized spacial score (nSPS) is 27.8. The Balaban J connectivity index is 1.21. The summed E-state index contributed by atoms with van der Waals surface area (Å²) < 4.78 is 8.96. The van der Waals surface area contributed by atoms with Gasteiger partial charge in [-0.1, -0.05) is 5.21 Å². The van der Waals surface area contributed by atoms with Gasteiger partial charge in [0.1, 0.15) is 35.8 Å². The van der Waals surface area contributed by atoms with Gasteiger partial charge in [0, 0.05) is 6.54 Å². The van der Waals surface area contributed by atoms with Crippen molar-refractivity contribution >= 4 is 22.9 Å². The molecule has 0 bridgehead atoms. The number of hydrogen-bond donors (Lipinski definition) is 5. The first-order valence-corrected chi connectivity index (χ1v) is 10.8. The highest BCUT2D eigenvalue weighted by Crippen LogP contribution is 2.32. The van der Waals surface area contributed by atoms with Gasteiger partial charge in [0.2, 0.25) is 5.91 Å². The van der Waals surface area contributed by atoms with Crippen molar-refractivity contribution in [2.75, 3.05) is 18.8 Å². The summed E-state index contributed by atoms with van der Waals surface area (Å²) in [4.78, 5) is 24.5. The lowest BCUT2D eigenvalue weighted by molar-refractivity contribution is -0.125. The number of nitrogens with one attached hydrogen (secondary N) is 2. The third-order valence-electron chi connectivity index (χ3n) is 6.06. The number of piperidine rings is 1. The first-order chi connectivity index (χ1) is 16.0. The largest absolute Gasteiger partial charge is 0.387 e. The number of aliphatic hydroxyl groups excluding tert-OH is 2. The molecule has 2 saturated heterocycles. The number of carbonyl (C=O) groups is 1. The average molecular weight is 458 g/mol. The average Bonchev–Trinajstić information content (AvgIpc) is 3.53. The van der Waals surface area contributed by atoms with E-state index in [1.807, 2.05) is 0 Å². The van der Waals surface area contributed by atoms with Crippen molar-refractivity contribution in [2.24, 2.45) is 5.92 Å². The SMILES string of the molecule is Nc1ncnc2c1ncn2[C@@H]1O[C@H](Cn2cc(CNC(=O)C3CCCNC3)nn2)[C@@H](O)[C@H]1O. The summed E-state index contributed by atoms with van der Waals surface area (Å²) in [5, 5.41) is 35.4. The van der Waals surface area contributed by atoms with Crippen molar-refractivity contribution in [3.05, 3.63) is 24.5 Å². The molecule has 3 aromatic heterocycles. The minimum Gasteiger partial charge on any atom is -0.387 e. The first kappa shape index (κ1) is 21.6. The number of nitrogen functional groups attached to an aromatic ring is 1. The molecule has 0 aromatic carbocycles. The minimum absolute atomic E-state index is 0.00531. The van der Waals surface area contributed by atoms with E-state index in [2.05, 4.69) is 35.9 Å². The van der Waals surface area contributed by atoms with E-state index in [1.54, 1.807) is 6.20 Å². The highest BCUT2D eigenvalue weighted by atomic mass is 16.6. The van der Waals surface area contributed by atoms with Gasteiger partial charge in [-0.2, -0.15) is 0 Å². The lowest BCUT2D eigenvalue weighted by Crippen LogP contribution is -2.40. The molecule has 3 aromatic rings. The van der Waals surface area contributed by atoms with Crippen LogP contribution in [0, 0.1) is 5.92 Å². The third kappa shape index (κ3) is 4.25. The van der Waals surface area contributed by atoms with E-state index in [-0.39, 0.29) is 30.7 Å². The maximum atomic E-state index is 12.3. The van der Waals surface area contributed by atoms with Gasteiger partial charge in [0.15, 0.2) is 17.7 Å². The second-order valence-electron chi connectivity index (χ2n) is 8.32. The number of carbonyl (C=O) groups excluding carboxylic acids is 1. The molecular formula is C19H26N10O4. The van der Waals surface area contributed by atoms with Crippen molar-refractivity contribution in [2.45, 2.75) is 50.5 Å². The number of aliphatic hydroxyl groups is 2. The molecule has 0 saturated carbocycles. The van der Waals surface area contributed by atoms with Crippen LogP contribution in [0.2, 0.25) is 0 Å². The van der Waals surface area contributed by atoms with Crippen LogP contribution in [0.3, 0.4) is 0 Å². The molecule has 5 atom stereocenters. The van der Waals surface area contributed by atoms with Gasteiger partial charge in [-0.3, -0.25) is 9.36 Å². The molecule has 0 radical (unpaired) electrons. The topological polar surface area (TPSA) is 191 Å². The zero-order valence-electron chi connectivity index (χ0n) is 17.8. The van der Waals surface area contributed by atoms with Crippen LogP contribution in [0.1, 0.15) is 24.8 Å². The van der Waals surface area contributed by atoms with Gasteiger partial charge in [0.05, 0.1) is 31.5 Å². The number of fused-ring (bicyclic) bond motifs is 1. The van der Waals surface area contributed by atoms with E-state index in [0.29, 0.717) is 23.4 Å². The fourth-order valence-corrected chi connectivity index (χ4v) is 4.26. The maximum Gasteiger partial charge on any atom is 0.224 e. The van der Waals surface area contributed by atoms with Crippen molar-refractivity contribution < 1.29 is 19.7 Å². The number of anilines is 1. The summed E-state index contributed by atoms with van der Waals surface area (Å²) in [7, 11) is 0. The molecule has 2 aliphatic rings. The van der Waals surface area contributed by atoms with Gasteiger partial charge in [0.25, 0.3) is 0 Å². The predicted octanol–water partition coefficient (Wildman–Crippen LogP) is -2.06. The molecule has 6 N–H and O–H groups in total. The van der Waals surface area contributed by atoms with Gasteiger partial charge < -0.3 is 31.3 Å². The molecule has 1 amide bonds. The predicted molar refractivity (Wildman–Crippen MR) is 113 cm³/mol. The summed E-state index contributed by atoms with van der Waals surface area (Å²) in [6.45, 7) is 2.05. The van der Waals surface area contributed by atoms with Gasteiger partial charge >= 0.3 is 0 Å². The van der Waals surface area contributed by atoms with Crippen LogP contribution in [0.5, 0.6) is 0 Å². The van der Waals surface area contributed by atoms with Gasteiger partial charge in [-0.15, -0.1) is 5.10 Å². The van der Waals surface area contributed by atoms with Crippen molar-refractivity contribution in [3.8, 4) is 0 Å².